The zero-order valence-corrected chi connectivity index (χ0v) is 29.8. The van der Waals surface area contributed by atoms with Crippen molar-refractivity contribution in [3.8, 4) is 0 Å². The summed E-state index contributed by atoms with van der Waals surface area (Å²) in [5.74, 6) is -0.166. The molecule has 0 unspecified atom stereocenters. The summed E-state index contributed by atoms with van der Waals surface area (Å²) in [7, 11) is 0. The van der Waals surface area contributed by atoms with Gasteiger partial charge in [0.05, 0.1) is 12.1 Å². The third kappa shape index (κ3) is 27.4. The highest BCUT2D eigenvalue weighted by atomic mass is 16.2. The van der Waals surface area contributed by atoms with Crippen LogP contribution in [0, 0.1) is 0 Å². The molecule has 0 rings (SSSR count). The maximum absolute atomic E-state index is 13.1. The molecule has 0 aliphatic rings. The zero-order valence-electron chi connectivity index (χ0n) is 29.8. The number of hydrogen-bond acceptors (Lipinski definition) is 7. The first-order chi connectivity index (χ1) is 22.4. The van der Waals surface area contributed by atoms with Crippen molar-refractivity contribution in [2.45, 2.75) is 173 Å². The lowest BCUT2D eigenvalue weighted by Crippen LogP contribution is -2.43. The molecule has 46 heavy (non-hydrogen) atoms. The van der Waals surface area contributed by atoms with Gasteiger partial charge >= 0.3 is 0 Å². The minimum absolute atomic E-state index is 0.143. The number of nitrogens with two attached hydrogens (primary N) is 4. The van der Waals surface area contributed by atoms with E-state index in [0.717, 1.165) is 38.5 Å². The molecule has 0 radical (unpaired) electrons. The van der Waals surface area contributed by atoms with E-state index in [2.05, 4.69) is 17.6 Å². The van der Waals surface area contributed by atoms with Crippen LogP contribution in [0.3, 0.4) is 0 Å². The van der Waals surface area contributed by atoms with Crippen LogP contribution in [0.15, 0.2) is 0 Å². The molecule has 0 aliphatic carbocycles. The van der Waals surface area contributed by atoms with Crippen molar-refractivity contribution in [2.75, 3.05) is 39.3 Å². The van der Waals surface area contributed by atoms with Gasteiger partial charge in [-0.1, -0.05) is 110 Å². The standard InChI is InChI=1S/C36H75N7O3/c1-2-3-4-5-6-7-8-9-10-11-12-13-14-15-16-25-34(44)43(30-21-28-41-35(45)32(39)23-17-19-26-37)31-22-29-42-36(46)33(40)24-18-20-27-38/h32-33H,2-31,37-40H2,1H3,(H,41,45)(H,42,46)/t32-,33-/m0/s1. The van der Waals surface area contributed by atoms with Gasteiger partial charge in [-0.25, -0.2) is 0 Å². The highest BCUT2D eigenvalue weighted by Gasteiger charge is 2.16. The molecule has 0 aromatic carbocycles. The summed E-state index contributed by atoms with van der Waals surface area (Å²) in [5, 5.41) is 5.81. The van der Waals surface area contributed by atoms with Crippen molar-refractivity contribution < 1.29 is 14.4 Å². The van der Waals surface area contributed by atoms with Crippen molar-refractivity contribution in [2.24, 2.45) is 22.9 Å². The molecule has 0 bridgehead atoms. The summed E-state index contributed by atoms with van der Waals surface area (Å²) in [6.45, 7) is 5.54. The third-order valence-electron chi connectivity index (χ3n) is 8.77. The van der Waals surface area contributed by atoms with Crippen molar-refractivity contribution >= 4 is 17.7 Å². The summed E-state index contributed by atoms with van der Waals surface area (Å²) >= 11 is 0. The smallest absolute Gasteiger partial charge is 0.236 e. The summed E-state index contributed by atoms with van der Waals surface area (Å²) in [6.07, 6.45) is 25.9. The number of carbonyl (C=O) groups excluding carboxylic acids is 3. The molecule has 10 nitrogen and oxygen atoms in total. The maximum atomic E-state index is 13.1. The van der Waals surface area contributed by atoms with Gasteiger partial charge in [-0.3, -0.25) is 14.4 Å². The Morgan fingerprint density at radius 3 is 1.26 bits per heavy atom. The van der Waals surface area contributed by atoms with Crippen molar-refractivity contribution in [1.82, 2.24) is 15.5 Å². The fourth-order valence-electron chi connectivity index (χ4n) is 5.67. The number of hydrogen-bond donors (Lipinski definition) is 6. The van der Waals surface area contributed by atoms with Crippen LogP contribution in [0.5, 0.6) is 0 Å². The molecule has 0 heterocycles. The van der Waals surface area contributed by atoms with E-state index in [0.29, 0.717) is 71.4 Å². The molecule has 0 saturated carbocycles. The largest absolute Gasteiger partial charge is 0.355 e. The normalized spacial score (nSPS) is 12.5. The SMILES string of the molecule is CCCCCCCCCCCCCCCCCC(=O)N(CCCNC(=O)[C@@H](N)CCCCN)CCCNC(=O)[C@@H](N)CCCCN. The monoisotopic (exact) mass is 654 g/mol. The first-order valence-electron chi connectivity index (χ1n) is 19.1. The minimum atomic E-state index is -0.528. The highest BCUT2D eigenvalue weighted by Crippen LogP contribution is 2.14. The van der Waals surface area contributed by atoms with Crippen LogP contribution >= 0.6 is 0 Å². The molecule has 2 atom stereocenters. The van der Waals surface area contributed by atoms with Crippen LogP contribution in [0.1, 0.15) is 161 Å². The molecule has 0 aromatic heterocycles. The first kappa shape index (κ1) is 44.2. The van der Waals surface area contributed by atoms with Crippen LogP contribution in [0.2, 0.25) is 0 Å². The Balaban J connectivity index is 4.35. The minimum Gasteiger partial charge on any atom is -0.355 e. The van der Waals surface area contributed by atoms with Gasteiger partial charge in [0.15, 0.2) is 0 Å². The van der Waals surface area contributed by atoms with Gasteiger partial charge < -0.3 is 38.5 Å². The third-order valence-corrected chi connectivity index (χ3v) is 8.77. The van der Waals surface area contributed by atoms with Gasteiger partial charge in [-0.15, -0.1) is 0 Å². The maximum Gasteiger partial charge on any atom is 0.236 e. The number of carbonyl (C=O) groups is 3. The number of nitrogens with one attached hydrogen (secondary N) is 2. The van der Waals surface area contributed by atoms with Crippen LogP contribution < -0.4 is 33.6 Å². The predicted octanol–water partition coefficient (Wildman–Crippen LogP) is 5.00. The fourth-order valence-corrected chi connectivity index (χ4v) is 5.67. The van der Waals surface area contributed by atoms with Gasteiger partial charge in [-0.2, -0.15) is 0 Å². The van der Waals surface area contributed by atoms with Crippen molar-refractivity contribution in [3.63, 3.8) is 0 Å². The van der Waals surface area contributed by atoms with Crippen LogP contribution in [0.25, 0.3) is 0 Å². The van der Waals surface area contributed by atoms with Gasteiger partial charge in [0.25, 0.3) is 0 Å². The molecular weight excluding hydrogens is 578 g/mol. The van der Waals surface area contributed by atoms with Crippen LogP contribution in [-0.2, 0) is 14.4 Å². The molecule has 3 amide bonds. The lowest BCUT2D eigenvalue weighted by molar-refractivity contribution is -0.131. The van der Waals surface area contributed by atoms with E-state index >= 15 is 0 Å². The van der Waals surface area contributed by atoms with E-state index in [-0.39, 0.29) is 17.7 Å². The molecule has 0 saturated heterocycles. The highest BCUT2D eigenvalue weighted by molar-refractivity contribution is 5.81. The lowest BCUT2D eigenvalue weighted by Gasteiger charge is -2.23. The molecule has 0 spiro atoms. The van der Waals surface area contributed by atoms with Gasteiger partial charge in [0.2, 0.25) is 17.7 Å². The van der Waals surface area contributed by atoms with E-state index in [4.69, 9.17) is 22.9 Å². The zero-order chi connectivity index (χ0) is 34.1. The lowest BCUT2D eigenvalue weighted by atomic mass is 10.0. The number of unbranched alkanes of at least 4 members (excludes halogenated alkanes) is 16. The van der Waals surface area contributed by atoms with E-state index in [1.807, 2.05) is 4.90 Å². The summed E-state index contributed by atoms with van der Waals surface area (Å²) in [5.41, 5.74) is 23.0. The number of amides is 3. The Bertz CT molecular complexity index is 690. The average molecular weight is 654 g/mol. The van der Waals surface area contributed by atoms with Crippen LogP contribution in [0.4, 0.5) is 0 Å². The molecule has 0 aliphatic heterocycles. The average Bonchev–Trinajstić information content (AvgIpc) is 3.05. The number of nitrogens with zero attached hydrogens (tertiary/aromatic N) is 1. The Morgan fingerprint density at radius 2 is 0.891 bits per heavy atom. The molecule has 10 heteroatoms. The van der Waals surface area contributed by atoms with Gasteiger partial charge in [-0.05, 0) is 58.0 Å². The summed E-state index contributed by atoms with van der Waals surface area (Å²) < 4.78 is 0. The molecule has 10 N–H and O–H groups in total. The van der Waals surface area contributed by atoms with Gasteiger partial charge in [0.1, 0.15) is 0 Å². The van der Waals surface area contributed by atoms with E-state index in [1.165, 1.54) is 83.5 Å². The Labute approximate surface area is 282 Å². The summed E-state index contributed by atoms with van der Waals surface area (Å²) in [4.78, 5) is 39.6. The van der Waals surface area contributed by atoms with Gasteiger partial charge in [0, 0.05) is 32.6 Å². The Morgan fingerprint density at radius 1 is 0.522 bits per heavy atom. The molecular formula is C36H75N7O3. The molecule has 0 fully saturated rings. The fraction of sp³-hybridized carbons (Fsp3) is 0.917. The second-order valence-corrected chi connectivity index (χ2v) is 13.2. The first-order valence-corrected chi connectivity index (χ1v) is 19.1. The van der Waals surface area contributed by atoms with Crippen LogP contribution in [-0.4, -0.2) is 74.0 Å². The second-order valence-electron chi connectivity index (χ2n) is 13.2. The quantitative estimate of drug-likeness (QED) is 0.0528. The van der Waals surface area contributed by atoms with E-state index in [1.54, 1.807) is 0 Å². The Kier molecular flexibility index (Phi) is 31.9. The van der Waals surface area contributed by atoms with Crippen molar-refractivity contribution in [1.29, 1.82) is 0 Å². The molecule has 272 valence electrons. The summed E-state index contributed by atoms with van der Waals surface area (Å²) in [6, 6.07) is -1.06. The number of rotatable bonds is 34. The Hall–Kier alpha value is -1.75. The van der Waals surface area contributed by atoms with Crippen molar-refractivity contribution in [3.05, 3.63) is 0 Å². The topological polar surface area (TPSA) is 183 Å². The predicted molar refractivity (Wildman–Crippen MR) is 193 cm³/mol. The molecule has 0 aromatic rings. The van der Waals surface area contributed by atoms with E-state index < -0.39 is 12.1 Å². The van der Waals surface area contributed by atoms with E-state index in [9.17, 15) is 14.4 Å². The second kappa shape index (κ2) is 33.2.